The van der Waals surface area contributed by atoms with Crippen molar-refractivity contribution >= 4 is 5.91 Å². The molecule has 6 nitrogen and oxygen atoms in total. The smallest absolute Gasteiger partial charge is 0.237 e. The van der Waals surface area contributed by atoms with Gasteiger partial charge in [-0.3, -0.25) is 14.4 Å². The van der Waals surface area contributed by atoms with Crippen LogP contribution in [0.5, 0.6) is 0 Å². The number of hydrogen-bond acceptors (Lipinski definition) is 4. The molecule has 2 N–H and O–H groups in total. The van der Waals surface area contributed by atoms with Crippen LogP contribution in [0.15, 0.2) is 12.3 Å². The standard InChI is InChI=1S/C18H31N5O/c1-14(2)23-16(7-9-21-23)13-22-10-4-5-15(12-22)11-20-18(24)17-6-3-8-19-17/h7,9,14-15,17,19H,3-6,8,10-13H2,1-2H3,(H,20,24). The van der Waals surface area contributed by atoms with Gasteiger partial charge in [0.25, 0.3) is 0 Å². The maximum atomic E-state index is 12.1. The SMILES string of the molecule is CC(C)n1nccc1CN1CCCC(CNC(=O)C2CCCN2)C1. The van der Waals surface area contributed by atoms with Gasteiger partial charge in [0, 0.05) is 31.9 Å². The largest absolute Gasteiger partial charge is 0.354 e. The number of nitrogens with zero attached hydrogens (tertiary/aromatic N) is 3. The first-order valence-corrected chi connectivity index (χ1v) is 9.39. The molecule has 134 valence electrons. The quantitative estimate of drug-likeness (QED) is 0.829. The van der Waals surface area contributed by atoms with Gasteiger partial charge >= 0.3 is 0 Å². The van der Waals surface area contributed by atoms with Crippen LogP contribution in [0.3, 0.4) is 0 Å². The van der Waals surface area contributed by atoms with E-state index in [-0.39, 0.29) is 11.9 Å². The number of nitrogens with one attached hydrogen (secondary N) is 2. The fraction of sp³-hybridized carbons (Fsp3) is 0.778. The van der Waals surface area contributed by atoms with E-state index in [2.05, 4.69) is 45.2 Å². The molecule has 1 aromatic heterocycles. The van der Waals surface area contributed by atoms with Crippen LogP contribution >= 0.6 is 0 Å². The lowest BCUT2D eigenvalue weighted by Gasteiger charge is -2.33. The summed E-state index contributed by atoms with van der Waals surface area (Å²) in [5.41, 5.74) is 1.28. The Morgan fingerprint density at radius 1 is 1.42 bits per heavy atom. The van der Waals surface area contributed by atoms with Crippen molar-refractivity contribution in [2.24, 2.45) is 5.92 Å². The summed E-state index contributed by atoms with van der Waals surface area (Å²) in [6, 6.07) is 2.55. The van der Waals surface area contributed by atoms with Crippen molar-refractivity contribution < 1.29 is 4.79 Å². The van der Waals surface area contributed by atoms with Gasteiger partial charge in [-0.15, -0.1) is 0 Å². The summed E-state index contributed by atoms with van der Waals surface area (Å²) in [4.78, 5) is 14.7. The van der Waals surface area contributed by atoms with E-state index in [9.17, 15) is 4.79 Å². The number of amides is 1. The van der Waals surface area contributed by atoms with E-state index in [1.807, 2.05) is 6.20 Å². The molecule has 0 radical (unpaired) electrons. The fourth-order valence-corrected chi connectivity index (χ4v) is 3.90. The highest BCUT2D eigenvalue weighted by Gasteiger charge is 2.25. The van der Waals surface area contributed by atoms with Crippen LogP contribution in [0.4, 0.5) is 0 Å². The van der Waals surface area contributed by atoms with Gasteiger partial charge in [0.05, 0.1) is 11.7 Å². The number of carbonyl (C=O) groups is 1. The highest BCUT2D eigenvalue weighted by molar-refractivity contribution is 5.81. The molecule has 3 heterocycles. The zero-order chi connectivity index (χ0) is 16.9. The molecule has 24 heavy (non-hydrogen) atoms. The molecule has 0 bridgehead atoms. The Morgan fingerprint density at radius 3 is 3.04 bits per heavy atom. The first kappa shape index (κ1) is 17.4. The first-order chi connectivity index (χ1) is 11.6. The summed E-state index contributed by atoms with van der Waals surface area (Å²) in [6.07, 6.45) is 6.39. The molecular weight excluding hydrogens is 302 g/mol. The van der Waals surface area contributed by atoms with Crippen LogP contribution in [0.2, 0.25) is 0 Å². The number of hydrogen-bond donors (Lipinski definition) is 2. The highest BCUT2D eigenvalue weighted by Crippen LogP contribution is 2.19. The number of rotatable bonds is 6. The minimum atomic E-state index is 0.0325. The Bertz CT molecular complexity index is 535. The van der Waals surface area contributed by atoms with Gasteiger partial charge in [-0.25, -0.2) is 0 Å². The average molecular weight is 333 g/mol. The third-order valence-corrected chi connectivity index (χ3v) is 5.17. The molecule has 0 aliphatic carbocycles. The molecule has 0 saturated carbocycles. The van der Waals surface area contributed by atoms with Crippen molar-refractivity contribution in [1.82, 2.24) is 25.3 Å². The third-order valence-electron chi connectivity index (χ3n) is 5.17. The maximum Gasteiger partial charge on any atom is 0.237 e. The van der Waals surface area contributed by atoms with Crippen molar-refractivity contribution in [1.29, 1.82) is 0 Å². The van der Waals surface area contributed by atoms with E-state index in [1.54, 1.807) is 0 Å². The van der Waals surface area contributed by atoms with E-state index in [0.717, 1.165) is 45.6 Å². The average Bonchev–Trinajstić information content (AvgIpc) is 3.24. The number of piperidine rings is 1. The molecule has 0 spiro atoms. The lowest BCUT2D eigenvalue weighted by Crippen LogP contribution is -2.45. The van der Waals surface area contributed by atoms with Crippen LogP contribution < -0.4 is 10.6 Å². The molecule has 2 fully saturated rings. The Balaban J connectivity index is 1.47. The highest BCUT2D eigenvalue weighted by atomic mass is 16.2. The van der Waals surface area contributed by atoms with Crippen molar-refractivity contribution in [3.05, 3.63) is 18.0 Å². The number of likely N-dealkylation sites (tertiary alicyclic amines) is 1. The molecule has 2 aliphatic heterocycles. The first-order valence-electron chi connectivity index (χ1n) is 9.39. The zero-order valence-electron chi connectivity index (χ0n) is 15.0. The van der Waals surface area contributed by atoms with E-state index >= 15 is 0 Å². The van der Waals surface area contributed by atoms with Gasteiger partial charge < -0.3 is 10.6 Å². The molecule has 1 amide bonds. The molecule has 2 aliphatic rings. The summed E-state index contributed by atoms with van der Waals surface area (Å²) in [5.74, 6) is 0.738. The van der Waals surface area contributed by atoms with Crippen LogP contribution in [0.1, 0.15) is 51.3 Å². The van der Waals surface area contributed by atoms with Gasteiger partial charge in [-0.05, 0) is 64.6 Å². The fourth-order valence-electron chi connectivity index (χ4n) is 3.90. The van der Waals surface area contributed by atoms with Gasteiger partial charge in [-0.2, -0.15) is 5.10 Å². The lowest BCUT2D eigenvalue weighted by atomic mass is 9.97. The number of carbonyl (C=O) groups excluding carboxylic acids is 1. The topological polar surface area (TPSA) is 62.2 Å². The predicted octanol–water partition coefficient (Wildman–Crippen LogP) is 1.54. The van der Waals surface area contributed by atoms with Crippen LogP contribution in [0.25, 0.3) is 0 Å². The molecule has 1 aromatic rings. The molecule has 2 atom stereocenters. The van der Waals surface area contributed by atoms with Gasteiger partial charge in [0.1, 0.15) is 0 Å². The summed E-state index contributed by atoms with van der Waals surface area (Å²) in [5, 5.41) is 10.9. The zero-order valence-corrected chi connectivity index (χ0v) is 15.0. The minimum Gasteiger partial charge on any atom is -0.354 e. The normalized spacial score (nSPS) is 25.3. The van der Waals surface area contributed by atoms with Gasteiger partial charge in [-0.1, -0.05) is 0 Å². The summed E-state index contributed by atoms with van der Waals surface area (Å²) in [7, 11) is 0. The van der Waals surface area contributed by atoms with Crippen LogP contribution in [0, 0.1) is 5.92 Å². The lowest BCUT2D eigenvalue weighted by molar-refractivity contribution is -0.123. The van der Waals surface area contributed by atoms with E-state index in [4.69, 9.17) is 0 Å². The number of aromatic nitrogens is 2. The van der Waals surface area contributed by atoms with Gasteiger partial charge in [0.15, 0.2) is 0 Å². The van der Waals surface area contributed by atoms with E-state index < -0.39 is 0 Å². The van der Waals surface area contributed by atoms with E-state index in [1.165, 1.54) is 18.5 Å². The molecule has 2 unspecified atom stereocenters. The second kappa shape index (κ2) is 8.12. The van der Waals surface area contributed by atoms with E-state index in [0.29, 0.717) is 12.0 Å². The Labute approximate surface area is 145 Å². The minimum absolute atomic E-state index is 0.0325. The summed E-state index contributed by atoms with van der Waals surface area (Å²) >= 11 is 0. The van der Waals surface area contributed by atoms with Crippen LogP contribution in [-0.2, 0) is 11.3 Å². The Kier molecular flexibility index (Phi) is 5.89. The van der Waals surface area contributed by atoms with Crippen molar-refractivity contribution in [2.75, 3.05) is 26.2 Å². The molecule has 6 heteroatoms. The van der Waals surface area contributed by atoms with Crippen molar-refractivity contribution in [3.63, 3.8) is 0 Å². The molecular formula is C18H31N5O. The summed E-state index contributed by atoms with van der Waals surface area (Å²) < 4.78 is 2.11. The molecule has 3 rings (SSSR count). The predicted molar refractivity (Wildman–Crippen MR) is 94.6 cm³/mol. The second-order valence-electron chi connectivity index (χ2n) is 7.50. The molecule has 2 saturated heterocycles. The third kappa shape index (κ3) is 4.36. The van der Waals surface area contributed by atoms with Crippen LogP contribution in [-0.4, -0.2) is 52.8 Å². The second-order valence-corrected chi connectivity index (χ2v) is 7.50. The van der Waals surface area contributed by atoms with Crippen molar-refractivity contribution in [3.8, 4) is 0 Å². The van der Waals surface area contributed by atoms with Crippen molar-refractivity contribution in [2.45, 2.75) is 58.2 Å². The monoisotopic (exact) mass is 333 g/mol. The van der Waals surface area contributed by atoms with Gasteiger partial charge in [0.2, 0.25) is 5.91 Å². The molecule has 0 aromatic carbocycles. The maximum absolute atomic E-state index is 12.1. The summed E-state index contributed by atoms with van der Waals surface area (Å²) in [6.45, 7) is 9.26. The Hall–Kier alpha value is -1.40. The Morgan fingerprint density at radius 2 is 2.29 bits per heavy atom.